The molecule has 2 aromatic rings. The number of aryl methyl sites for hydroxylation is 2. The second-order valence-electron chi connectivity index (χ2n) is 3.71. The van der Waals surface area contributed by atoms with E-state index in [2.05, 4.69) is 4.98 Å². The lowest BCUT2D eigenvalue weighted by molar-refractivity contribution is 0.104. The van der Waals surface area contributed by atoms with Gasteiger partial charge in [-0.3, -0.25) is 4.79 Å². The topological polar surface area (TPSA) is 39.2 Å². The molecule has 0 atom stereocenters. The van der Waals surface area contributed by atoms with Crippen molar-refractivity contribution in [2.24, 2.45) is 0 Å². The second kappa shape index (κ2) is 4.67. The van der Waals surface area contributed by atoms with E-state index >= 15 is 0 Å². The van der Waals surface area contributed by atoms with Crippen LogP contribution in [0.1, 0.15) is 25.9 Å². The van der Waals surface area contributed by atoms with Gasteiger partial charge in [-0.15, -0.1) is 11.3 Å². The van der Waals surface area contributed by atoms with Gasteiger partial charge in [0.25, 0.3) is 0 Å². The van der Waals surface area contributed by atoms with Crippen molar-refractivity contribution in [1.29, 1.82) is 0 Å². The number of carbonyl (C=O) groups excluding carboxylic acids is 1. The zero-order valence-corrected chi connectivity index (χ0v) is 10.8. The number of aromatic nitrogens is 1. The molecular weight excluding hydrogens is 234 g/mol. The molecule has 0 amide bonds. The van der Waals surface area contributed by atoms with Crippen molar-refractivity contribution >= 4 is 17.1 Å². The lowest BCUT2D eigenvalue weighted by atomic mass is 10.1. The minimum atomic E-state index is 0.00648. The van der Waals surface area contributed by atoms with Crippen LogP contribution in [-0.2, 0) is 0 Å². The van der Waals surface area contributed by atoms with Crippen molar-refractivity contribution in [3.8, 4) is 5.75 Å². The number of thiazole rings is 1. The summed E-state index contributed by atoms with van der Waals surface area (Å²) in [6.45, 7) is 3.76. The highest BCUT2D eigenvalue weighted by Crippen LogP contribution is 2.22. The first-order valence-electron chi connectivity index (χ1n) is 5.24. The van der Waals surface area contributed by atoms with Crippen molar-refractivity contribution in [2.75, 3.05) is 7.11 Å². The molecule has 0 N–H and O–H groups in total. The van der Waals surface area contributed by atoms with Gasteiger partial charge in [-0.25, -0.2) is 4.98 Å². The van der Waals surface area contributed by atoms with E-state index in [1.165, 1.54) is 11.3 Å². The van der Waals surface area contributed by atoms with Gasteiger partial charge in [0.1, 0.15) is 5.75 Å². The third-order valence-electron chi connectivity index (χ3n) is 2.44. The van der Waals surface area contributed by atoms with E-state index < -0.39 is 0 Å². The highest BCUT2D eigenvalue weighted by molar-refractivity contribution is 7.14. The Bertz CT molecular complexity index is 560. The van der Waals surface area contributed by atoms with Gasteiger partial charge in [0.2, 0.25) is 5.78 Å². The number of methoxy groups -OCH3 is 1. The zero-order valence-electron chi connectivity index (χ0n) is 9.98. The van der Waals surface area contributed by atoms with E-state index in [0.717, 1.165) is 10.7 Å². The molecule has 0 saturated carbocycles. The van der Waals surface area contributed by atoms with E-state index in [0.29, 0.717) is 16.2 Å². The molecule has 0 saturated heterocycles. The smallest absolute Gasteiger partial charge is 0.204 e. The fourth-order valence-corrected chi connectivity index (χ4v) is 2.52. The number of benzene rings is 1. The Labute approximate surface area is 104 Å². The molecule has 0 radical (unpaired) electrons. The van der Waals surface area contributed by atoms with Crippen LogP contribution in [0.15, 0.2) is 24.3 Å². The fourth-order valence-electron chi connectivity index (χ4n) is 1.64. The summed E-state index contributed by atoms with van der Waals surface area (Å²) >= 11 is 1.43. The number of ketones is 1. The van der Waals surface area contributed by atoms with E-state index in [-0.39, 0.29) is 5.78 Å². The Hall–Kier alpha value is -1.68. The molecule has 1 aromatic heterocycles. The molecule has 0 spiro atoms. The lowest BCUT2D eigenvalue weighted by Crippen LogP contribution is -2.01. The van der Waals surface area contributed by atoms with Crippen molar-refractivity contribution in [1.82, 2.24) is 4.98 Å². The molecule has 0 aliphatic carbocycles. The summed E-state index contributed by atoms with van der Waals surface area (Å²) in [7, 11) is 1.59. The van der Waals surface area contributed by atoms with Gasteiger partial charge in [0.15, 0.2) is 0 Å². The van der Waals surface area contributed by atoms with Crippen LogP contribution in [0, 0.1) is 13.8 Å². The Morgan fingerprint density at radius 1 is 1.35 bits per heavy atom. The van der Waals surface area contributed by atoms with Gasteiger partial charge in [-0.05, 0) is 26.0 Å². The Morgan fingerprint density at radius 3 is 2.71 bits per heavy atom. The fraction of sp³-hybridized carbons (Fsp3) is 0.231. The van der Waals surface area contributed by atoms with Crippen molar-refractivity contribution in [3.63, 3.8) is 0 Å². The summed E-state index contributed by atoms with van der Waals surface area (Å²) in [5, 5.41) is 0.911. The summed E-state index contributed by atoms with van der Waals surface area (Å²) in [5.41, 5.74) is 1.43. The molecule has 0 unspecified atom stereocenters. The van der Waals surface area contributed by atoms with Crippen molar-refractivity contribution in [2.45, 2.75) is 13.8 Å². The molecule has 17 heavy (non-hydrogen) atoms. The first kappa shape index (κ1) is 11.8. The predicted molar refractivity (Wildman–Crippen MR) is 68.0 cm³/mol. The third kappa shape index (κ3) is 2.36. The lowest BCUT2D eigenvalue weighted by Gasteiger charge is -2.02. The Morgan fingerprint density at radius 2 is 2.12 bits per heavy atom. The van der Waals surface area contributed by atoms with Crippen LogP contribution < -0.4 is 4.74 Å². The number of rotatable bonds is 3. The minimum Gasteiger partial charge on any atom is -0.497 e. The van der Waals surface area contributed by atoms with E-state index in [1.54, 1.807) is 19.2 Å². The van der Waals surface area contributed by atoms with Gasteiger partial charge < -0.3 is 4.74 Å². The molecular formula is C13H13NO2S. The second-order valence-corrected chi connectivity index (χ2v) is 4.91. The van der Waals surface area contributed by atoms with Crippen LogP contribution >= 0.6 is 11.3 Å². The first-order valence-corrected chi connectivity index (χ1v) is 6.06. The summed E-state index contributed by atoms with van der Waals surface area (Å²) in [4.78, 5) is 17.2. The van der Waals surface area contributed by atoms with Crippen LogP contribution in [0.3, 0.4) is 0 Å². The molecule has 0 aliphatic heterocycles. The van der Waals surface area contributed by atoms with Crippen molar-refractivity contribution in [3.05, 3.63) is 45.4 Å². The van der Waals surface area contributed by atoms with Gasteiger partial charge in [0.05, 0.1) is 22.7 Å². The molecule has 0 bridgehead atoms. The molecule has 0 aliphatic rings. The maximum atomic E-state index is 12.3. The van der Waals surface area contributed by atoms with Gasteiger partial charge in [0, 0.05) is 5.56 Å². The number of hydrogen-bond donors (Lipinski definition) is 0. The molecule has 1 aromatic carbocycles. The highest BCUT2D eigenvalue weighted by atomic mass is 32.1. The molecule has 0 fully saturated rings. The Kier molecular flexibility index (Phi) is 3.24. The molecule has 4 heteroatoms. The van der Waals surface area contributed by atoms with Gasteiger partial charge >= 0.3 is 0 Å². The molecule has 1 heterocycles. The number of nitrogens with zero attached hydrogens (tertiary/aromatic N) is 1. The first-order chi connectivity index (χ1) is 8.11. The van der Waals surface area contributed by atoms with Crippen LogP contribution in [-0.4, -0.2) is 17.9 Å². The summed E-state index contributed by atoms with van der Waals surface area (Å²) in [6.07, 6.45) is 0. The SMILES string of the molecule is COc1cccc(C(=O)c2sc(C)nc2C)c1. The zero-order chi connectivity index (χ0) is 12.4. The molecule has 2 rings (SSSR count). The average molecular weight is 247 g/mol. The van der Waals surface area contributed by atoms with E-state index in [9.17, 15) is 4.79 Å². The molecule has 3 nitrogen and oxygen atoms in total. The van der Waals surface area contributed by atoms with Crippen LogP contribution in [0.4, 0.5) is 0 Å². The summed E-state index contributed by atoms with van der Waals surface area (Å²) in [6, 6.07) is 7.17. The maximum absolute atomic E-state index is 12.3. The monoisotopic (exact) mass is 247 g/mol. The summed E-state index contributed by atoms with van der Waals surface area (Å²) < 4.78 is 5.11. The third-order valence-corrected chi connectivity index (χ3v) is 3.51. The standard InChI is InChI=1S/C13H13NO2S/c1-8-13(17-9(2)14-8)12(15)10-5-4-6-11(7-10)16-3/h4-7H,1-3H3. The van der Waals surface area contributed by atoms with Gasteiger partial charge in [-0.1, -0.05) is 12.1 Å². The normalized spacial score (nSPS) is 10.3. The van der Waals surface area contributed by atoms with E-state index in [1.807, 2.05) is 26.0 Å². The van der Waals surface area contributed by atoms with Crippen LogP contribution in [0.25, 0.3) is 0 Å². The number of ether oxygens (including phenoxy) is 1. The van der Waals surface area contributed by atoms with E-state index in [4.69, 9.17) is 4.74 Å². The van der Waals surface area contributed by atoms with Crippen LogP contribution in [0.2, 0.25) is 0 Å². The minimum absolute atomic E-state index is 0.00648. The maximum Gasteiger partial charge on any atom is 0.204 e. The number of hydrogen-bond acceptors (Lipinski definition) is 4. The Balaban J connectivity index is 2.40. The number of carbonyl (C=O) groups is 1. The summed E-state index contributed by atoms with van der Waals surface area (Å²) in [5.74, 6) is 0.696. The average Bonchev–Trinajstić information content (AvgIpc) is 2.67. The largest absolute Gasteiger partial charge is 0.497 e. The van der Waals surface area contributed by atoms with Gasteiger partial charge in [-0.2, -0.15) is 0 Å². The quantitative estimate of drug-likeness (QED) is 0.783. The predicted octanol–water partition coefficient (Wildman–Crippen LogP) is 3.00. The van der Waals surface area contributed by atoms with Crippen LogP contribution in [0.5, 0.6) is 5.75 Å². The van der Waals surface area contributed by atoms with Crippen molar-refractivity contribution < 1.29 is 9.53 Å². The highest BCUT2D eigenvalue weighted by Gasteiger charge is 2.16. The molecule has 88 valence electrons.